The second-order valence-electron chi connectivity index (χ2n) is 7.89. The molecule has 1 aromatic rings. The molecular weight excluding hydrogens is 451 g/mol. The number of nitrogens with one attached hydrogen (secondary N) is 1. The Morgan fingerprint density at radius 3 is 2.18 bits per heavy atom. The maximum absolute atomic E-state index is 13.2. The van der Waals surface area contributed by atoms with Crippen molar-refractivity contribution in [2.24, 2.45) is 10.2 Å². The highest BCUT2D eigenvalue weighted by Gasteiger charge is 2.65. The molecule has 0 fully saturated rings. The van der Waals surface area contributed by atoms with Crippen LogP contribution in [-0.4, -0.2) is 68.5 Å². The number of carbonyl (C=O) groups is 2. The van der Waals surface area contributed by atoms with Crippen LogP contribution in [0.2, 0.25) is 0 Å². The lowest BCUT2D eigenvalue weighted by atomic mass is 10.0. The van der Waals surface area contributed by atoms with Crippen molar-refractivity contribution in [1.82, 2.24) is 5.32 Å². The molecule has 0 aromatic heterocycles. The van der Waals surface area contributed by atoms with Gasteiger partial charge in [-0.3, -0.25) is 0 Å². The normalized spacial score (nSPS) is 14.6. The van der Waals surface area contributed by atoms with Crippen molar-refractivity contribution in [2.45, 2.75) is 38.2 Å². The largest absolute Gasteiger partial charge is 0.490 e. The Kier molecular flexibility index (Phi) is 8.61. The predicted molar refractivity (Wildman–Crippen MR) is 107 cm³/mol. The van der Waals surface area contributed by atoms with Crippen LogP contribution < -0.4 is 10.1 Å². The number of alkyl halides is 3. The highest BCUT2D eigenvalue weighted by atomic mass is 19.4. The third-order valence-corrected chi connectivity index (χ3v) is 4.08. The van der Waals surface area contributed by atoms with Crippen molar-refractivity contribution < 1.29 is 46.8 Å². The molecule has 1 amide bonds. The van der Waals surface area contributed by atoms with Gasteiger partial charge in [0.1, 0.15) is 23.5 Å². The smallest absolute Gasteiger partial charge is 0.442 e. The second kappa shape index (κ2) is 10.8. The van der Waals surface area contributed by atoms with Crippen LogP contribution >= 0.6 is 0 Å². The molecule has 184 valence electrons. The van der Waals surface area contributed by atoms with Crippen LogP contribution in [0, 0.1) is 0 Å². The van der Waals surface area contributed by atoms with Gasteiger partial charge in [0, 0.05) is 12.1 Å². The van der Waals surface area contributed by atoms with E-state index in [0.717, 1.165) is 18.2 Å². The number of alkyl carbamates (subject to hydrolysis) is 1. The molecule has 13 heteroatoms. The monoisotopic (exact) mass is 477 g/mol. The lowest BCUT2D eigenvalue weighted by Crippen LogP contribution is -2.34. The van der Waals surface area contributed by atoms with Crippen LogP contribution in [0.1, 0.15) is 36.7 Å². The Bertz CT molecular complexity index is 863. The summed E-state index contributed by atoms with van der Waals surface area (Å²) in [6, 6.07) is 3.00. The van der Waals surface area contributed by atoms with E-state index < -0.39 is 29.5 Å². The molecule has 0 radical (unpaired) electrons. The first-order valence-corrected chi connectivity index (χ1v) is 9.99. The van der Waals surface area contributed by atoms with Gasteiger partial charge in [0.05, 0.1) is 26.4 Å². The van der Waals surface area contributed by atoms with E-state index in [1.807, 2.05) is 0 Å². The van der Waals surface area contributed by atoms with Crippen molar-refractivity contribution in [3.63, 3.8) is 0 Å². The van der Waals surface area contributed by atoms with Gasteiger partial charge >= 0.3 is 23.9 Å². The van der Waals surface area contributed by atoms with Crippen molar-refractivity contribution in [1.29, 1.82) is 0 Å². The number of benzene rings is 1. The van der Waals surface area contributed by atoms with Gasteiger partial charge in [-0.1, -0.05) is 6.07 Å². The van der Waals surface area contributed by atoms with Gasteiger partial charge < -0.3 is 29.4 Å². The van der Waals surface area contributed by atoms with E-state index in [4.69, 9.17) is 18.9 Å². The van der Waals surface area contributed by atoms with Gasteiger partial charge in [-0.15, -0.1) is 10.2 Å². The Balaban J connectivity index is 1.68. The van der Waals surface area contributed by atoms with Crippen LogP contribution in [0.5, 0.6) is 5.75 Å². The number of nitrogens with zero attached hydrogens (tertiary/aromatic N) is 2. The number of rotatable bonds is 12. The maximum Gasteiger partial charge on any atom is 0.442 e. The second-order valence-corrected chi connectivity index (χ2v) is 7.89. The summed E-state index contributed by atoms with van der Waals surface area (Å²) < 4.78 is 60.5. The average molecular weight is 477 g/mol. The summed E-state index contributed by atoms with van der Waals surface area (Å²) >= 11 is 0. The van der Waals surface area contributed by atoms with Crippen molar-refractivity contribution >= 4 is 12.1 Å². The summed E-state index contributed by atoms with van der Waals surface area (Å²) in [7, 11) is 0. The highest BCUT2D eigenvalue weighted by Crippen LogP contribution is 2.53. The number of hydrogen-bond donors (Lipinski definition) is 2. The van der Waals surface area contributed by atoms with E-state index in [1.54, 1.807) is 20.8 Å². The van der Waals surface area contributed by atoms with Crippen molar-refractivity contribution in [3.05, 3.63) is 29.3 Å². The number of ether oxygens (including phenoxy) is 4. The Labute approximate surface area is 188 Å². The van der Waals surface area contributed by atoms with Crippen LogP contribution in [0.15, 0.2) is 28.4 Å². The molecule has 0 atom stereocenters. The maximum atomic E-state index is 13.2. The molecule has 1 aliphatic heterocycles. The van der Waals surface area contributed by atoms with Gasteiger partial charge in [0.25, 0.3) is 0 Å². The SMILES string of the molecule is CC(C)(C)OC(=O)NCCOCCOCCOc1cc(C2(C(F)(F)F)N=N2)ccc1C(=O)O. The van der Waals surface area contributed by atoms with Crippen LogP contribution in [0.4, 0.5) is 18.0 Å². The molecule has 1 aliphatic rings. The zero-order valence-corrected chi connectivity index (χ0v) is 18.4. The number of aromatic carboxylic acids is 1. The van der Waals surface area contributed by atoms with E-state index in [-0.39, 0.29) is 56.5 Å². The van der Waals surface area contributed by atoms with Crippen LogP contribution in [-0.2, 0) is 19.9 Å². The molecule has 0 unspecified atom stereocenters. The first-order chi connectivity index (χ1) is 15.4. The van der Waals surface area contributed by atoms with Crippen molar-refractivity contribution in [2.75, 3.05) is 39.6 Å². The zero-order chi connectivity index (χ0) is 24.7. The number of carbonyl (C=O) groups excluding carboxylic acids is 1. The lowest BCUT2D eigenvalue weighted by molar-refractivity contribution is -0.166. The van der Waals surface area contributed by atoms with Gasteiger partial charge in [0.2, 0.25) is 0 Å². The van der Waals surface area contributed by atoms with Gasteiger partial charge in [0.15, 0.2) is 0 Å². The Morgan fingerprint density at radius 1 is 1.03 bits per heavy atom. The summed E-state index contributed by atoms with van der Waals surface area (Å²) in [6.45, 7) is 6.11. The molecule has 2 N–H and O–H groups in total. The molecule has 1 aromatic carbocycles. The summed E-state index contributed by atoms with van der Waals surface area (Å²) in [4.78, 5) is 22.8. The predicted octanol–water partition coefficient (Wildman–Crippen LogP) is 3.50. The fraction of sp³-hybridized carbons (Fsp3) is 0.600. The highest BCUT2D eigenvalue weighted by molar-refractivity contribution is 5.91. The fourth-order valence-electron chi connectivity index (χ4n) is 2.55. The minimum Gasteiger partial charge on any atom is -0.490 e. The third kappa shape index (κ3) is 7.86. The first kappa shape index (κ1) is 26.3. The Morgan fingerprint density at radius 2 is 1.64 bits per heavy atom. The number of carboxylic acids is 1. The minimum atomic E-state index is -4.74. The number of carboxylic acid groups (broad SMARTS) is 1. The van der Waals surface area contributed by atoms with E-state index in [1.165, 1.54) is 0 Å². The number of hydrogen-bond acceptors (Lipinski definition) is 8. The Hall–Kier alpha value is -2.93. The van der Waals surface area contributed by atoms with Gasteiger partial charge in [-0.2, -0.15) is 13.2 Å². The molecule has 10 nitrogen and oxygen atoms in total. The molecule has 0 aliphatic carbocycles. The zero-order valence-electron chi connectivity index (χ0n) is 18.4. The molecule has 0 spiro atoms. The molecule has 0 saturated heterocycles. The van der Waals surface area contributed by atoms with Gasteiger partial charge in [-0.05, 0) is 32.9 Å². The summed E-state index contributed by atoms with van der Waals surface area (Å²) in [5.41, 5.74) is -3.88. The minimum absolute atomic E-state index is 0.0436. The van der Waals surface area contributed by atoms with Crippen LogP contribution in [0.25, 0.3) is 0 Å². The lowest BCUT2D eigenvalue weighted by Gasteiger charge is -2.19. The molecule has 0 saturated carbocycles. The molecule has 1 heterocycles. The first-order valence-electron chi connectivity index (χ1n) is 9.99. The summed E-state index contributed by atoms with van der Waals surface area (Å²) in [5, 5.41) is 18.0. The van der Waals surface area contributed by atoms with Gasteiger partial charge in [-0.25, -0.2) is 9.59 Å². The fourth-order valence-corrected chi connectivity index (χ4v) is 2.55. The molecule has 2 rings (SSSR count). The van der Waals surface area contributed by atoms with E-state index in [0.29, 0.717) is 0 Å². The van der Waals surface area contributed by atoms with Crippen LogP contribution in [0.3, 0.4) is 0 Å². The molecular formula is C20H26F3N3O7. The summed E-state index contributed by atoms with van der Waals surface area (Å²) in [6.07, 6.45) is -5.28. The topological polar surface area (TPSA) is 128 Å². The van der Waals surface area contributed by atoms with E-state index >= 15 is 0 Å². The number of amides is 1. The molecule has 0 bridgehead atoms. The average Bonchev–Trinajstić information content (AvgIpc) is 3.50. The van der Waals surface area contributed by atoms with Crippen molar-refractivity contribution in [3.8, 4) is 5.75 Å². The summed E-state index contributed by atoms with van der Waals surface area (Å²) in [5.74, 6) is -1.59. The third-order valence-electron chi connectivity index (χ3n) is 4.08. The quantitative estimate of drug-likeness (QED) is 0.441. The number of halogens is 3. The van der Waals surface area contributed by atoms with E-state index in [9.17, 15) is 27.9 Å². The van der Waals surface area contributed by atoms with E-state index in [2.05, 4.69) is 15.5 Å². The molecule has 33 heavy (non-hydrogen) atoms. The standard InChI is InChI=1S/C20H26F3N3O7/c1-18(2,3)33-17(29)24-6-7-30-8-9-31-10-11-32-15-12-13(4-5-14(15)16(27)28)19(25-26-19)20(21,22)23/h4-5,12H,6-11H2,1-3H3,(H,24,29)(H,27,28).